The number of aromatic nitrogens is 2. The number of rotatable bonds is 2. The number of hydrogen-bond donors (Lipinski definition) is 1. The van der Waals surface area contributed by atoms with E-state index in [0.717, 1.165) is 5.69 Å². The second-order valence-corrected chi connectivity index (χ2v) is 3.67. The average molecular weight is 242 g/mol. The summed E-state index contributed by atoms with van der Waals surface area (Å²) in [5.41, 5.74) is 7.34. The van der Waals surface area contributed by atoms with Gasteiger partial charge in [0, 0.05) is 19.2 Å². The molecular formula is C12H12N5O+. The van der Waals surface area contributed by atoms with Crippen molar-refractivity contribution in [3.05, 3.63) is 64.6 Å². The van der Waals surface area contributed by atoms with Crippen LogP contribution in [0.15, 0.2) is 64.0 Å². The van der Waals surface area contributed by atoms with Crippen molar-refractivity contribution in [3.63, 3.8) is 0 Å². The topological polar surface area (TPSA) is 74.5 Å². The molecule has 0 aliphatic rings. The minimum Gasteiger partial charge on any atom is -0.311 e. The SMILES string of the molecule is Cn1cc[n+](-c2ccccc2)cc(=NN=N)c1=O. The molecule has 6 nitrogen and oxygen atoms in total. The highest BCUT2D eigenvalue weighted by atomic mass is 16.1. The summed E-state index contributed by atoms with van der Waals surface area (Å²) in [6.45, 7) is 0. The van der Waals surface area contributed by atoms with Gasteiger partial charge in [0.05, 0.1) is 6.20 Å². The molecule has 0 aliphatic heterocycles. The van der Waals surface area contributed by atoms with Crippen molar-refractivity contribution in [2.45, 2.75) is 0 Å². The van der Waals surface area contributed by atoms with Crippen molar-refractivity contribution < 1.29 is 4.57 Å². The average Bonchev–Trinajstić information content (AvgIpc) is 2.54. The molecule has 6 heteroatoms. The standard InChI is InChI=1S/C12H12N5O/c1-16-7-8-17(10-5-3-2-4-6-10)9-11(12(16)18)14-15-13/h2-9,13H,1H3/q+1. The Hall–Kier alpha value is -2.63. The first-order valence-corrected chi connectivity index (χ1v) is 5.30. The van der Waals surface area contributed by atoms with Gasteiger partial charge in [-0.1, -0.05) is 23.4 Å². The van der Waals surface area contributed by atoms with Crippen molar-refractivity contribution in [1.29, 1.82) is 5.53 Å². The van der Waals surface area contributed by atoms with Gasteiger partial charge in [-0.3, -0.25) is 4.79 Å². The molecule has 1 aromatic heterocycles. The van der Waals surface area contributed by atoms with Crippen LogP contribution in [-0.2, 0) is 7.05 Å². The predicted molar refractivity (Wildman–Crippen MR) is 63.9 cm³/mol. The van der Waals surface area contributed by atoms with E-state index in [2.05, 4.69) is 10.3 Å². The summed E-state index contributed by atoms with van der Waals surface area (Å²) in [6.07, 6.45) is 4.94. The molecule has 0 saturated heterocycles. The minimum atomic E-state index is -0.305. The molecule has 0 atom stereocenters. The van der Waals surface area contributed by atoms with E-state index in [0.29, 0.717) is 0 Å². The van der Waals surface area contributed by atoms with Crippen LogP contribution in [0.5, 0.6) is 0 Å². The van der Waals surface area contributed by atoms with Gasteiger partial charge >= 0.3 is 0 Å². The Balaban J connectivity index is 2.77. The highest BCUT2D eigenvalue weighted by Crippen LogP contribution is 1.95. The number of aryl methyl sites for hydroxylation is 1. The molecule has 90 valence electrons. The maximum absolute atomic E-state index is 11.9. The highest BCUT2D eigenvalue weighted by molar-refractivity contribution is 5.20. The third-order valence-electron chi connectivity index (χ3n) is 2.46. The number of nitrogens with one attached hydrogen (secondary N) is 1. The quantitative estimate of drug-likeness (QED) is 0.465. The van der Waals surface area contributed by atoms with E-state index < -0.39 is 0 Å². The Morgan fingerprint density at radius 3 is 2.67 bits per heavy atom. The van der Waals surface area contributed by atoms with Crippen molar-refractivity contribution in [2.24, 2.45) is 17.4 Å². The molecule has 0 spiro atoms. The maximum atomic E-state index is 11.9. The van der Waals surface area contributed by atoms with E-state index in [1.807, 2.05) is 30.3 Å². The van der Waals surface area contributed by atoms with Crippen LogP contribution in [0.1, 0.15) is 0 Å². The van der Waals surface area contributed by atoms with Gasteiger partial charge in [0.25, 0.3) is 5.56 Å². The summed E-state index contributed by atoms with van der Waals surface area (Å²) in [5, 5.41) is 6.56. The molecule has 2 rings (SSSR count). The molecule has 1 N–H and O–H groups in total. The van der Waals surface area contributed by atoms with E-state index in [1.165, 1.54) is 4.57 Å². The zero-order valence-corrected chi connectivity index (χ0v) is 9.82. The first-order valence-electron chi connectivity index (χ1n) is 5.30. The summed E-state index contributed by atoms with van der Waals surface area (Å²) in [5.74, 6) is 0. The molecule has 0 radical (unpaired) electrons. The van der Waals surface area contributed by atoms with Crippen LogP contribution in [-0.4, -0.2) is 4.57 Å². The summed E-state index contributed by atoms with van der Waals surface area (Å²) < 4.78 is 3.15. The van der Waals surface area contributed by atoms with E-state index in [1.54, 1.807) is 30.2 Å². The Bertz CT molecular complexity index is 691. The van der Waals surface area contributed by atoms with E-state index in [-0.39, 0.29) is 10.9 Å². The van der Waals surface area contributed by atoms with Crippen LogP contribution in [0.3, 0.4) is 0 Å². The molecule has 0 saturated carbocycles. The molecule has 1 heterocycles. The van der Waals surface area contributed by atoms with Crippen LogP contribution in [0.2, 0.25) is 0 Å². The number of para-hydroxylation sites is 1. The third-order valence-corrected chi connectivity index (χ3v) is 2.46. The van der Waals surface area contributed by atoms with Crippen molar-refractivity contribution >= 4 is 0 Å². The maximum Gasteiger partial charge on any atom is 0.284 e. The van der Waals surface area contributed by atoms with Gasteiger partial charge in [0.2, 0.25) is 17.2 Å². The summed E-state index contributed by atoms with van der Waals surface area (Å²) in [6, 6.07) is 9.53. The van der Waals surface area contributed by atoms with Gasteiger partial charge in [0.15, 0.2) is 6.20 Å². The first kappa shape index (κ1) is 11.8. The van der Waals surface area contributed by atoms with Gasteiger partial charge < -0.3 is 4.57 Å². The Labute approximate surface area is 103 Å². The summed E-state index contributed by atoms with van der Waals surface area (Å²) in [4.78, 5) is 11.9. The zero-order valence-electron chi connectivity index (χ0n) is 9.82. The highest BCUT2D eigenvalue weighted by Gasteiger charge is 2.05. The molecular weight excluding hydrogens is 230 g/mol. The Kier molecular flexibility index (Phi) is 3.38. The van der Waals surface area contributed by atoms with Crippen molar-refractivity contribution in [3.8, 4) is 5.69 Å². The predicted octanol–water partition coefficient (Wildman–Crippen LogP) is 0.509. The fraction of sp³-hybridized carbons (Fsp3) is 0.0833. The zero-order chi connectivity index (χ0) is 13.0. The third kappa shape index (κ3) is 2.37. The van der Waals surface area contributed by atoms with Gasteiger partial charge in [-0.2, -0.15) is 10.1 Å². The lowest BCUT2D eigenvalue weighted by molar-refractivity contribution is -0.596. The number of hydrogen-bond acceptors (Lipinski definition) is 3. The van der Waals surface area contributed by atoms with Gasteiger partial charge in [-0.15, -0.1) is 5.10 Å². The molecule has 0 amide bonds. The molecule has 2 aromatic rings. The van der Waals surface area contributed by atoms with Crippen LogP contribution < -0.4 is 15.5 Å². The number of benzene rings is 1. The lowest BCUT2D eigenvalue weighted by Crippen LogP contribution is -2.36. The molecule has 0 aliphatic carbocycles. The van der Waals surface area contributed by atoms with E-state index in [9.17, 15) is 4.79 Å². The van der Waals surface area contributed by atoms with E-state index in [4.69, 9.17) is 5.53 Å². The van der Waals surface area contributed by atoms with Gasteiger partial charge in [-0.05, 0) is 0 Å². The van der Waals surface area contributed by atoms with E-state index >= 15 is 0 Å². The molecule has 18 heavy (non-hydrogen) atoms. The first-order chi connectivity index (χ1) is 8.72. The largest absolute Gasteiger partial charge is 0.311 e. The Morgan fingerprint density at radius 1 is 1.28 bits per heavy atom. The fourth-order valence-corrected chi connectivity index (χ4v) is 1.53. The minimum absolute atomic E-state index is 0.112. The molecule has 0 bridgehead atoms. The smallest absolute Gasteiger partial charge is 0.284 e. The van der Waals surface area contributed by atoms with Crippen LogP contribution >= 0.6 is 0 Å². The van der Waals surface area contributed by atoms with Gasteiger partial charge in [0.1, 0.15) is 0 Å². The Morgan fingerprint density at radius 2 is 2.00 bits per heavy atom. The van der Waals surface area contributed by atoms with Crippen LogP contribution in [0, 0.1) is 5.53 Å². The monoisotopic (exact) mass is 242 g/mol. The lowest BCUT2D eigenvalue weighted by Gasteiger charge is -1.89. The van der Waals surface area contributed by atoms with Crippen molar-refractivity contribution in [2.75, 3.05) is 0 Å². The van der Waals surface area contributed by atoms with Crippen LogP contribution in [0.25, 0.3) is 5.69 Å². The van der Waals surface area contributed by atoms with Crippen molar-refractivity contribution in [1.82, 2.24) is 4.57 Å². The molecule has 0 fully saturated rings. The lowest BCUT2D eigenvalue weighted by atomic mass is 10.3. The number of nitrogens with zero attached hydrogens (tertiary/aromatic N) is 4. The fourth-order valence-electron chi connectivity index (χ4n) is 1.53. The molecule has 0 unspecified atom stereocenters. The van der Waals surface area contributed by atoms with Crippen LogP contribution in [0.4, 0.5) is 0 Å². The second-order valence-electron chi connectivity index (χ2n) is 3.67. The second kappa shape index (κ2) is 5.13. The normalized spacial score (nSPS) is 11.3. The summed E-state index contributed by atoms with van der Waals surface area (Å²) in [7, 11) is 1.63. The molecule has 1 aromatic carbocycles. The summed E-state index contributed by atoms with van der Waals surface area (Å²) >= 11 is 0. The van der Waals surface area contributed by atoms with Gasteiger partial charge in [-0.25, -0.2) is 0 Å².